The summed E-state index contributed by atoms with van der Waals surface area (Å²) in [7, 11) is 3.60. The van der Waals surface area contributed by atoms with E-state index in [1.165, 1.54) is 19.1 Å². The van der Waals surface area contributed by atoms with E-state index >= 15 is 0 Å². The number of likely N-dealkylation sites (N-methyl/N-ethyl adjacent to an activating group) is 1. The Bertz CT molecular complexity index is 1120. The van der Waals surface area contributed by atoms with Crippen LogP contribution in [-0.2, 0) is 21.9 Å². The minimum absolute atomic E-state index is 0.0904. The summed E-state index contributed by atoms with van der Waals surface area (Å²) in [6, 6.07) is 6.71. The first-order chi connectivity index (χ1) is 17.6. The van der Waals surface area contributed by atoms with Crippen molar-refractivity contribution in [1.29, 1.82) is 0 Å². The molecule has 4 nitrogen and oxygen atoms in total. The molecule has 1 saturated carbocycles. The number of alkyl halides is 6. The predicted molar refractivity (Wildman–Crippen MR) is 126 cm³/mol. The third-order valence-corrected chi connectivity index (χ3v) is 7.61. The van der Waals surface area contributed by atoms with E-state index in [0.29, 0.717) is 31.4 Å². The topological polar surface area (TPSA) is 41.6 Å². The van der Waals surface area contributed by atoms with Crippen LogP contribution in [0.2, 0.25) is 0 Å². The van der Waals surface area contributed by atoms with Crippen molar-refractivity contribution in [2.75, 3.05) is 14.1 Å². The molecule has 1 amide bonds. The van der Waals surface area contributed by atoms with Crippen molar-refractivity contribution in [2.45, 2.75) is 68.7 Å². The van der Waals surface area contributed by atoms with E-state index in [1.54, 1.807) is 26.2 Å². The standard InChI is InChI=1S/C27H29F7N2O2/c1-14(16-10-17(26(29,30)31)12-18(11-16)27(32,33)34)38-23-9-8-20(21-13-22(36(2)3)25(37)35-21)24(23)15-4-6-19(28)7-5-15/h4-7,10-12,14,20-24H,8-9,13H2,1-3H3,(H,35,37)/t14-,20+,21-,22+,23+,24+/m1/s1. The Hall–Kier alpha value is -2.66. The molecule has 4 rings (SSSR count). The lowest BCUT2D eigenvalue weighted by molar-refractivity contribution is -0.143. The third-order valence-electron chi connectivity index (χ3n) is 7.61. The highest BCUT2D eigenvalue weighted by molar-refractivity contribution is 5.84. The second kappa shape index (κ2) is 10.5. The fraction of sp³-hybridized carbons (Fsp3) is 0.519. The number of carbonyl (C=O) groups is 1. The summed E-state index contributed by atoms with van der Waals surface area (Å²) < 4.78 is 100. The molecule has 0 bridgehead atoms. The number of carbonyl (C=O) groups excluding carboxylic acids is 1. The van der Waals surface area contributed by atoms with Crippen molar-refractivity contribution in [2.24, 2.45) is 5.92 Å². The minimum atomic E-state index is -4.96. The molecule has 0 radical (unpaired) electrons. The molecule has 0 unspecified atom stereocenters. The third kappa shape index (κ3) is 5.98. The van der Waals surface area contributed by atoms with E-state index < -0.39 is 41.5 Å². The summed E-state index contributed by atoms with van der Waals surface area (Å²) in [5.74, 6) is -1.02. The Balaban J connectivity index is 1.64. The predicted octanol–water partition coefficient (Wildman–Crippen LogP) is 6.32. The van der Waals surface area contributed by atoms with Crippen molar-refractivity contribution in [3.63, 3.8) is 0 Å². The highest BCUT2D eigenvalue weighted by atomic mass is 19.4. The first-order valence-electron chi connectivity index (χ1n) is 12.3. The Morgan fingerprint density at radius 3 is 2.03 bits per heavy atom. The summed E-state index contributed by atoms with van der Waals surface area (Å²) >= 11 is 0. The van der Waals surface area contributed by atoms with Crippen LogP contribution in [0.25, 0.3) is 0 Å². The van der Waals surface area contributed by atoms with Crippen LogP contribution >= 0.6 is 0 Å². The molecule has 2 aliphatic rings. The van der Waals surface area contributed by atoms with E-state index in [1.807, 2.05) is 4.90 Å². The maximum absolute atomic E-state index is 13.7. The smallest absolute Gasteiger partial charge is 0.370 e. The van der Waals surface area contributed by atoms with Gasteiger partial charge in [-0.25, -0.2) is 4.39 Å². The maximum Gasteiger partial charge on any atom is 0.416 e. The van der Waals surface area contributed by atoms with Gasteiger partial charge in [0.25, 0.3) is 0 Å². The van der Waals surface area contributed by atoms with Gasteiger partial charge in [-0.05, 0) is 87.7 Å². The van der Waals surface area contributed by atoms with Gasteiger partial charge in [0, 0.05) is 12.0 Å². The SMILES string of the molecule is C[C@@H](O[C@H]1CC[C@@H]([C@H]2C[C@H](N(C)C)C(=O)N2)[C@@H]1c1ccc(F)cc1)c1cc(C(F)(F)F)cc(C(F)(F)F)c1. The molecule has 6 atom stereocenters. The van der Waals surface area contributed by atoms with Crippen LogP contribution < -0.4 is 5.32 Å². The van der Waals surface area contributed by atoms with Crippen LogP contribution in [0.3, 0.4) is 0 Å². The minimum Gasteiger partial charge on any atom is -0.370 e. The molecule has 1 aliphatic heterocycles. The molecule has 0 aromatic heterocycles. The number of nitrogens with one attached hydrogen (secondary N) is 1. The normalized spacial score (nSPS) is 27.1. The van der Waals surface area contributed by atoms with Crippen LogP contribution in [0.4, 0.5) is 30.7 Å². The summed E-state index contributed by atoms with van der Waals surface area (Å²) in [5.41, 5.74) is -2.31. The van der Waals surface area contributed by atoms with Gasteiger partial charge in [0.15, 0.2) is 0 Å². The molecule has 208 valence electrons. The van der Waals surface area contributed by atoms with Crippen molar-refractivity contribution in [3.05, 3.63) is 70.5 Å². The molecule has 1 saturated heterocycles. The second-order valence-corrected chi connectivity index (χ2v) is 10.3. The Labute approximate surface area is 216 Å². The Morgan fingerprint density at radius 1 is 0.947 bits per heavy atom. The van der Waals surface area contributed by atoms with Gasteiger partial charge in [0.05, 0.1) is 29.4 Å². The molecule has 1 heterocycles. The van der Waals surface area contributed by atoms with Crippen LogP contribution in [0, 0.1) is 11.7 Å². The van der Waals surface area contributed by atoms with E-state index in [9.17, 15) is 35.5 Å². The quantitative estimate of drug-likeness (QED) is 0.431. The van der Waals surface area contributed by atoms with E-state index in [4.69, 9.17) is 4.74 Å². The Kier molecular flexibility index (Phi) is 7.82. The number of amides is 1. The van der Waals surface area contributed by atoms with Crippen molar-refractivity contribution < 1.29 is 40.3 Å². The number of ether oxygens (including phenoxy) is 1. The van der Waals surface area contributed by atoms with E-state index in [-0.39, 0.29) is 41.5 Å². The molecule has 38 heavy (non-hydrogen) atoms. The van der Waals surface area contributed by atoms with Crippen LogP contribution in [0.5, 0.6) is 0 Å². The molecule has 0 spiro atoms. The summed E-state index contributed by atoms with van der Waals surface area (Å²) in [6.45, 7) is 1.42. The largest absolute Gasteiger partial charge is 0.416 e. The zero-order valence-corrected chi connectivity index (χ0v) is 21.0. The van der Waals surface area contributed by atoms with Crippen LogP contribution in [0.1, 0.15) is 60.5 Å². The van der Waals surface area contributed by atoms with Gasteiger partial charge < -0.3 is 10.1 Å². The molecular formula is C27H29F7N2O2. The molecule has 2 aromatic carbocycles. The van der Waals surface area contributed by atoms with Crippen LogP contribution in [-0.4, -0.2) is 43.1 Å². The summed E-state index contributed by atoms with van der Waals surface area (Å²) in [4.78, 5) is 14.3. The van der Waals surface area contributed by atoms with E-state index in [0.717, 1.165) is 5.56 Å². The van der Waals surface area contributed by atoms with E-state index in [2.05, 4.69) is 5.32 Å². The molecule has 2 aromatic rings. The number of halogens is 7. The molecule has 1 aliphatic carbocycles. The van der Waals surface area contributed by atoms with Gasteiger partial charge >= 0.3 is 12.4 Å². The number of rotatable bonds is 6. The first-order valence-corrected chi connectivity index (χ1v) is 12.3. The van der Waals surface area contributed by atoms with Crippen molar-refractivity contribution in [1.82, 2.24) is 10.2 Å². The van der Waals surface area contributed by atoms with Crippen molar-refractivity contribution >= 4 is 5.91 Å². The average Bonchev–Trinajstić information content (AvgIpc) is 3.41. The van der Waals surface area contributed by atoms with Gasteiger partial charge in [0.2, 0.25) is 5.91 Å². The second-order valence-electron chi connectivity index (χ2n) is 10.3. The molecule has 2 fully saturated rings. The molecule has 11 heteroatoms. The fourth-order valence-electron chi connectivity index (χ4n) is 5.71. The number of benzene rings is 2. The Morgan fingerprint density at radius 2 is 1.53 bits per heavy atom. The van der Waals surface area contributed by atoms with Crippen LogP contribution in [0.15, 0.2) is 42.5 Å². The lowest BCUT2D eigenvalue weighted by Gasteiger charge is -2.31. The zero-order valence-electron chi connectivity index (χ0n) is 21.0. The lowest BCUT2D eigenvalue weighted by Crippen LogP contribution is -2.37. The highest BCUT2D eigenvalue weighted by Gasteiger charge is 2.47. The van der Waals surface area contributed by atoms with Crippen molar-refractivity contribution in [3.8, 4) is 0 Å². The summed E-state index contributed by atoms with van der Waals surface area (Å²) in [6.07, 6.45) is -9.96. The van der Waals surface area contributed by atoms with Gasteiger partial charge in [-0.3, -0.25) is 9.69 Å². The van der Waals surface area contributed by atoms with Gasteiger partial charge in [-0.2, -0.15) is 26.3 Å². The maximum atomic E-state index is 13.7. The lowest BCUT2D eigenvalue weighted by atomic mass is 9.82. The van der Waals surface area contributed by atoms with Gasteiger partial charge in [-0.15, -0.1) is 0 Å². The zero-order chi connectivity index (χ0) is 28.0. The average molecular weight is 547 g/mol. The van der Waals surface area contributed by atoms with Gasteiger partial charge in [-0.1, -0.05) is 12.1 Å². The van der Waals surface area contributed by atoms with Gasteiger partial charge in [0.1, 0.15) is 5.82 Å². The number of nitrogens with zero attached hydrogens (tertiary/aromatic N) is 1. The monoisotopic (exact) mass is 546 g/mol. The highest BCUT2D eigenvalue weighted by Crippen LogP contribution is 2.47. The molecule has 1 N–H and O–H groups in total. The molecular weight excluding hydrogens is 517 g/mol. The summed E-state index contributed by atoms with van der Waals surface area (Å²) in [5, 5.41) is 3.03. The fourth-order valence-corrected chi connectivity index (χ4v) is 5.71. The number of hydrogen-bond donors (Lipinski definition) is 1. The number of hydrogen-bond acceptors (Lipinski definition) is 3. The first kappa shape index (κ1) is 28.4.